The number of aromatic nitrogens is 3. The van der Waals surface area contributed by atoms with Crippen molar-refractivity contribution in [2.75, 3.05) is 0 Å². The first-order chi connectivity index (χ1) is 5.81. The van der Waals surface area contributed by atoms with Crippen LogP contribution >= 0.6 is 11.6 Å². The van der Waals surface area contributed by atoms with E-state index in [1.165, 1.54) is 0 Å². The summed E-state index contributed by atoms with van der Waals surface area (Å²) in [7, 11) is 0. The first-order valence-corrected chi connectivity index (χ1v) is 4.19. The van der Waals surface area contributed by atoms with Gasteiger partial charge in [-0.25, -0.2) is 4.98 Å². The van der Waals surface area contributed by atoms with Gasteiger partial charge in [-0.1, -0.05) is 0 Å². The van der Waals surface area contributed by atoms with E-state index in [1.807, 2.05) is 17.5 Å². The van der Waals surface area contributed by atoms with Crippen LogP contribution in [0.1, 0.15) is 11.4 Å². The molecule has 0 aliphatic heterocycles. The van der Waals surface area contributed by atoms with Crippen molar-refractivity contribution in [1.29, 1.82) is 0 Å². The lowest BCUT2D eigenvalue weighted by atomic mass is 10.5. The molecule has 0 radical (unpaired) electrons. The zero-order valence-corrected chi connectivity index (χ0v) is 7.41. The highest BCUT2D eigenvalue weighted by molar-refractivity contribution is 6.16. The Morgan fingerprint density at radius 2 is 2.33 bits per heavy atom. The van der Waals surface area contributed by atoms with E-state index >= 15 is 0 Å². The van der Waals surface area contributed by atoms with Crippen LogP contribution in [0, 0.1) is 6.92 Å². The Kier molecular flexibility index (Phi) is 1.73. The molecule has 2 heterocycles. The molecule has 0 unspecified atom stereocenters. The van der Waals surface area contributed by atoms with Gasteiger partial charge in [0.15, 0.2) is 5.65 Å². The highest BCUT2D eigenvalue weighted by Crippen LogP contribution is 2.07. The van der Waals surface area contributed by atoms with Crippen molar-refractivity contribution in [2.45, 2.75) is 12.8 Å². The molecule has 0 bridgehead atoms. The molecule has 0 N–H and O–H groups in total. The standard InChI is InChI=1S/C8H8ClN3/c1-6-3-10-4-8-11-7(2-9)5-12(6)8/h3-5H,2H2,1H3. The van der Waals surface area contributed by atoms with E-state index in [0.29, 0.717) is 5.88 Å². The van der Waals surface area contributed by atoms with Gasteiger partial charge in [-0.2, -0.15) is 0 Å². The van der Waals surface area contributed by atoms with Gasteiger partial charge in [-0.3, -0.25) is 4.98 Å². The van der Waals surface area contributed by atoms with Gasteiger partial charge in [0.2, 0.25) is 0 Å². The molecule has 3 nitrogen and oxygen atoms in total. The Morgan fingerprint density at radius 3 is 3.00 bits per heavy atom. The molecule has 2 rings (SSSR count). The fraction of sp³-hybridized carbons (Fsp3) is 0.250. The van der Waals surface area contributed by atoms with Crippen molar-refractivity contribution in [3.63, 3.8) is 0 Å². The van der Waals surface area contributed by atoms with Gasteiger partial charge in [-0.15, -0.1) is 11.6 Å². The third-order valence-electron chi connectivity index (χ3n) is 1.75. The molecule has 0 saturated heterocycles. The maximum atomic E-state index is 5.65. The van der Waals surface area contributed by atoms with Crippen molar-refractivity contribution in [3.05, 3.63) is 30.0 Å². The monoisotopic (exact) mass is 181 g/mol. The van der Waals surface area contributed by atoms with E-state index in [2.05, 4.69) is 9.97 Å². The fourth-order valence-electron chi connectivity index (χ4n) is 1.16. The number of hydrogen-bond acceptors (Lipinski definition) is 2. The molecule has 4 heteroatoms. The Morgan fingerprint density at radius 1 is 1.50 bits per heavy atom. The van der Waals surface area contributed by atoms with Gasteiger partial charge >= 0.3 is 0 Å². The maximum Gasteiger partial charge on any atom is 0.155 e. The predicted molar refractivity (Wildman–Crippen MR) is 47.3 cm³/mol. The van der Waals surface area contributed by atoms with Gasteiger partial charge in [0.25, 0.3) is 0 Å². The lowest BCUT2D eigenvalue weighted by Crippen LogP contribution is -1.89. The van der Waals surface area contributed by atoms with E-state index < -0.39 is 0 Å². The molecular weight excluding hydrogens is 174 g/mol. The summed E-state index contributed by atoms with van der Waals surface area (Å²) in [4.78, 5) is 8.29. The summed E-state index contributed by atoms with van der Waals surface area (Å²) < 4.78 is 1.98. The zero-order valence-electron chi connectivity index (χ0n) is 6.66. The molecule has 2 aromatic heterocycles. The number of alkyl halides is 1. The van der Waals surface area contributed by atoms with Crippen LogP contribution in [-0.2, 0) is 5.88 Å². The number of aryl methyl sites for hydroxylation is 1. The van der Waals surface area contributed by atoms with Crippen molar-refractivity contribution in [3.8, 4) is 0 Å². The third-order valence-corrected chi connectivity index (χ3v) is 2.03. The van der Waals surface area contributed by atoms with Crippen molar-refractivity contribution in [1.82, 2.24) is 14.4 Å². The summed E-state index contributed by atoms with van der Waals surface area (Å²) >= 11 is 5.65. The highest BCUT2D eigenvalue weighted by Gasteiger charge is 2.00. The van der Waals surface area contributed by atoms with Gasteiger partial charge in [0.05, 0.1) is 17.8 Å². The predicted octanol–water partition coefficient (Wildman–Crippen LogP) is 1.78. The average Bonchev–Trinajstić information content (AvgIpc) is 2.49. The van der Waals surface area contributed by atoms with Crippen LogP contribution in [0.15, 0.2) is 18.6 Å². The smallest absolute Gasteiger partial charge is 0.155 e. The van der Waals surface area contributed by atoms with Crippen LogP contribution < -0.4 is 0 Å². The number of nitrogens with zero attached hydrogens (tertiary/aromatic N) is 3. The first kappa shape index (κ1) is 7.55. The van der Waals surface area contributed by atoms with Crippen LogP contribution in [0.2, 0.25) is 0 Å². The lowest BCUT2D eigenvalue weighted by molar-refractivity contribution is 1.05. The minimum Gasteiger partial charge on any atom is -0.301 e. The summed E-state index contributed by atoms with van der Waals surface area (Å²) in [5.41, 5.74) is 2.80. The largest absolute Gasteiger partial charge is 0.301 e. The molecule has 62 valence electrons. The minimum absolute atomic E-state index is 0.446. The second-order valence-electron chi connectivity index (χ2n) is 2.64. The SMILES string of the molecule is Cc1cncc2nc(CCl)cn12. The normalized spacial score (nSPS) is 10.8. The summed E-state index contributed by atoms with van der Waals surface area (Å²) in [5.74, 6) is 0.446. The third kappa shape index (κ3) is 1.06. The summed E-state index contributed by atoms with van der Waals surface area (Å²) in [6.45, 7) is 1.99. The molecule has 0 saturated carbocycles. The quantitative estimate of drug-likeness (QED) is 0.628. The topological polar surface area (TPSA) is 30.2 Å². The van der Waals surface area contributed by atoms with Crippen LogP contribution in [0.5, 0.6) is 0 Å². The number of imidazole rings is 1. The van der Waals surface area contributed by atoms with Crippen LogP contribution in [0.25, 0.3) is 5.65 Å². The molecular formula is C8H8ClN3. The summed E-state index contributed by atoms with van der Waals surface area (Å²) in [5, 5.41) is 0. The van der Waals surface area contributed by atoms with Gasteiger partial charge in [0, 0.05) is 18.1 Å². The van der Waals surface area contributed by atoms with Crippen molar-refractivity contribution in [2.24, 2.45) is 0 Å². The number of fused-ring (bicyclic) bond motifs is 1. The molecule has 0 amide bonds. The first-order valence-electron chi connectivity index (χ1n) is 3.66. The Labute approximate surface area is 75.0 Å². The molecule has 0 aromatic carbocycles. The Balaban J connectivity index is 2.74. The van der Waals surface area contributed by atoms with Crippen molar-refractivity contribution >= 4 is 17.2 Å². The van der Waals surface area contributed by atoms with E-state index in [0.717, 1.165) is 17.0 Å². The van der Waals surface area contributed by atoms with Crippen LogP contribution in [0.3, 0.4) is 0 Å². The lowest BCUT2D eigenvalue weighted by Gasteiger charge is -1.94. The second kappa shape index (κ2) is 2.75. The molecule has 0 spiro atoms. The Hall–Kier alpha value is -1.09. The number of rotatable bonds is 1. The van der Waals surface area contributed by atoms with Gasteiger partial charge in [-0.05, 0) is 6.92 Å². The highest BCUT2D eigenvalue weighted by atomic mass is 35.5. The van der Waals surface area contributed by atoms with Crippen LogP contribution in [0.4, 0.5) is 0 Å². The Bertz CT molecular complexity index is 408. The second-order valence-corrected chi connectivity index (χ2v) is 2.91. The fourth-order valence-corrected chi connectivity index (χ4v) is 1.29. The number of halogens is 1. The minimum atomic E-state index is 0.446. The molecule has 2 aromatic rings. The molecule has 0 aliphatic rings. The van der Waals surface area contributed by atoms with Crippen molar-refractivity contribution < 1.29 is 0 Å². The van der Waals surface area contributed by atoms with Crippen LogP contribution in [-0.4, -0.2) is 14.4 Å². The maximum absolute atomic E-state index is 5.65. The molecule has 0 atom stereocenters. The van der Waals surface area contributed by atoms with Gasteiger partial charge in [0.1, 0.15) is 0 Å². The molecule has 0 fully saturated rings. The zero-order chi connectivity index (χ0) is 8.55. The molecule has 12 heavy (non-hydrogen) atoms. The molecule has 0 aliphatic carbocycles. The van der Waals surface area contributed by atoms with E-state index in [4.69, 9.17) is 11.6 Å². The van der Waals surface area contributed by atoms with E-state index in [-0.39, 0.29) is 0 Å². The average molecular weight is 182 g/mol. The van der Waals surface area contributed by atoms with E-state index in [1.54, 1.807) is 12.4 Å². The summed E-state index contributed by atoms with van der Waals surface area (Å²) in [6.07, 6.45) is 5.45. The van der Waals surface area contributed by atoms with Gasteiger partial charge < -0.3 is 4.40 Å². The van der Waals surface area contributed by atoms with E-state index in [9.17, 15) is 0 Å². The number of hydrogen-bond donors (Lipinski definition) is 0. The summed E-state index contributed by atoms with van der Waals surface area (Å²) in [6, 6.07) is 0.